The fraction of sp³-hybridized carbons (Fsp3) is 0.167. The lowest BCUT2D eigenvalue weighted by Gasteiger charge is -2.20. The van der Waals surface area contributed by atoms with Crippen molar-refractivity contribution in [2.24, 2.45) is 0 Å². The highest BCUT2D eigenvalue weighted by Crippen LogP contribution is 2.18. The Morgan fingerprint density at radius 2 is 1.91 bits per heavy atom. The van der Waals surface area contributed by atoms with Gasteiger partial charge < -0.3 is 15.4 Å². The van der Waals surface area contributed by atoms with E-state index in [9.17, 15) is 14.3 Å². The van der Waals surface area contributed by atoms with Gasteiger partial charge in [0.25, 0.3) is 5.91 Å². The van der Waals surface area contributed by atoms with Crippen LogP contribution in [0.25, 0.3) is 10.9 Å². The molecule has 0 aliphatic heterocycles. The molecule has 0 fully saturated rings. The van der Waals surface area contributed by atoms with Crippen molar-refractivity contribution in [3.63, 3.8) is 0 Å². The fourth-order valence-corrected chi connectivity index (χ4v) is 2.51. The van der Waals surface area contributed by atoms with Crippen LogP contribution >= 0.6 is 0 Å². The summed E-state index contributed by atoms with van der Waals surface area (Å²) in [5, 5.41) is 14.1. The average Bonchev–Trinajstić information content (AvgIpc) is 3.02. The SMILES string of the molecule is CC(NC(=O)c1ccc2cc[nH]c2c1)C(O)c1ccc(F)cc1. The third-order valence-electron chi connectivity index (χ3n) is 3.86. The van der Waals surface area contributed by atoms with Crippen molar-refractivity contribution in [3.05, 3.63) is 71.7 Å². The average molecular weight is 312 g/mol. The van der Waals surface area contributed by atoms with E-state index in [1.54, 1.807) is 19.1 Å². The maximum atomic E-state index is 12.9. The molecule has 5 heteroatoms. The minimum Gasteiger partial charge on any atom is -0.386 e. The number of carbonyl (C=O) groups is 1. The molecule has 23 heavy (non-hydrogen) atoms. The molecule has 3 aromatic rings. The number of nitrogens with one attached hydrogen (secondary N) is 2. The zero-order chi connectivity index (χ0) is 16.4. The number of fused-ring (bicyclic) bond motifs is 1. The van der Waals surface area contributed by atoms with E-state index in [1.165, 1.54) is 24.3 Å². The molecule has 118 valence electrons. The monoisotopic (exact) mass is 312 g/mol. The first-order valence-corrected chi connectivity index (χ1v) is 7.36. The van der Waals surface area contributed by atoms with Gasteiger partial charge in [0.2, 0.25) is 0 Å². The molecule has 0 saturated heterocycles. The lowest BCUT2D eigenvalue weighted by molar-refractivity contribution is 0.0852. The number of aliphatic hydroxyl groups is 1. The molecule has 2 unspecified atom stereocenters. The molecule has 0 saturated carbocycles. The van der Waals surface area contributed by atoms with Gasteiger partial charge in [-0.25, -0.2) is 4.39 Å². The van der Waals surface area contributed by atoms with Crippen molar-refractivity contribution in [2.75, 3.05) is 0 Å². The first-order valence-electron chi connectivity index (χ1n) is 7.36. The lowest BCUT2D eigenvalue weighted by atomic mass is 10.0. The fourth-order valence-electron chi connectivity index (χ4n) is 2.51. The maximum absolute atomic E-state index is 12.9. The molecule has 0 spiro atoms. The Kier molecular flexibility index (Phi) is 4.12. The highest BCUT2D eigenvalue weighted by molar-refractivity contribution is 5.98. The quantitative estimate of drug-likeness (QED) is 0.693. The number of aromatic nitrogens is 1. The van der Waals surface area contributed by atoms with Crippen molar-refractivity contribution in [1.29, 1.82) is 0 Å². The van der Waals surface area contributed by atoms with Crippen LogP contribution in [0.15, 0.2) is 54.7 Å². The molecule has 3 rings (SSSR count). The number of rotatable bonds is 4. The summed E-state index contributed by atoms with van der Waals surface area (Å²) in [4.78, 5) is 15.4. The van der Waals surface area contributed by atoms with Gasteiger partial charge in [-0.2, -0.15) is 0 Å². The molecule has 3 N–H and O–H groups in total. The predicted molar refractivity (Wildman–Crippen MR) is 86.6 cm³/mol. The van der Waals surface area contributed by atoms with E-state index in [0.29, 0.717) is 11.1 Å². The first-order chi connectivity index (χ1) is 11.0. The Labute approximate surface area is 133 Å². The van der Waals surface area contributed by atoms with Crippen LogP contribution in [0.3, 0.4) is 0 Å². The summed E-state index contributed by atoms with van der Waals surface area (Å²) in [6, 6.07) is 12.4. The standard InChI is InChI=1S/C18H17FN2O2/c1-11(17(22)13-4-6-15(19)7-5-13)21-18(23)14-3-2-12-8-9-20-16(12)10-14/h2-11,17,20,22H,1H3,(H,21,23). The van der Waals surface area contributed by atoms with Crippen molar-refractivity contribution in [1.82, 2.24) is 10.3 Å². The topological polar surface area (TPSA) is 65.1 Å². The van der Waals surface area contributed by atoms with Crippen LogP contribution in [0.2, 0.25) is 0 Å². The first kappa shape index (κ1) is 15.2. The molecule has 2 aromatic carbocycles. The second-order valence-corrected chi connectivity index (χ2v) is 5.54. The van der Waals surface area contributed by atoms with Gasteiger partial charge in [0.1, 0.15) is 5.82 Å². The number of halogens is 1. The Balaban J connectivity index is 1.72. The van der Waals surface area contributed by atoms with Crippen molar-refractivity contribution >= 4 is 16.8 Å². The Morgan fingerprint density at radius 3 is 2.65 bits per heavy atom. The zero-order valence-electron chi connectivity index (χ0n) is 12.6. The molecule has 4 nitrogen and oxygen atoms in total. The second kappa shape index (κ2) is 6.22. The lowest BCUT2D eigenvalue weighted by Crippen LogP contribution is -2.37. The van der Waals surface area contributed by atoms with Crippen molar-refractivity contribution in [2.45, 2.75) is 19.1 Å². The Hall–Kier alpha value is -2.66. The Morgan fingerprint density at radius 1 is 1.17 bits per heavy atom. The van der Waals surface area contributed by atoms with Crippen LogP contribution in [0.5, 0.6) is 0 Å². The largest absolute Gasteiger partial charge is 0.386 e. The molecule has 0 radical (unpaired) electrons. The minimum absolute atomic E-state index is 0.268. The molecule has 0 bridgehead atoms. The van der Waals surface area contributed by atoms with Crippen molar-refractivity contribution in [3.8, 4) is 0 Å². The number of benzene rings is 2. The molecule has 0 aliphatic carbocycles. The number of hydrogen-bond acceptors (Lipinski definition) is 2. The third kappa shape index (κ3) is 3.24. The summed E-state index contributed by atoms with van der Waals surface area (Å²) >= 11 is 0. The number of amides is 1. The van der Waals surface area contributed by atoms with E-state index in [-0.39, 0.29) is 11.7 Å². The Bertz CT molecular complexity index is 826. The van der Waals surface area contributed by atoms with Crippen LogP contribution in [-0.2, 0) is 0 Å². The summed E-state index contributed by atoms with van der Waals surface area (Å²) in [5.41, 5.74) is 1.95. The van der Waals surface area contributed by atoms with E-state index < -0.39 is 12.1 Å². The summed E-state index contributed by atoms with van der Waals surface area (Å²) in [7, 11) is 0. The predicted octanol–water partition coefficient (Wildman–Crippen LogP) is 3.16. The van der Waals surface area contributed by atoms with Gasteiger partial charge in [-0.15, -0.1) is 0 Å². The molecular formula is C18H17FN2O2. The smallest absolute Gasteiger partial charge is 0.251 e. The molecule has 2 atom stereocenters. The van der Waals surface area contributed by atoms with Gasteiger partial charge in [0, 0.05) is 17.3 Å². The number of H-pyrrole nitrogens is 1. The van der Waals surface area contributed by atoms with E-state index in [2.05, 4.69) is 10.3 Å². The van der Waals surface area contributed by atoms with Gasteiger partial charge in [0.05, 0.1) is 12.1 Å². The number of aliphatic hydroxyl groups excluding tert-OH is 1. The van der Waals surface area contributed by atoms with Gasteiger partial charge in [-0.05, 0) is 48.2 Å². The van der Waals surface area contributed by atoms with Crippen molar-refractivity contribution < 1.29 is 14.3 Å². The number of aromatic amines is 1. The molecule has 1 heterocycles. The van der Waals surface area contributed by atoms with Gasteiger partial charge >= 0.3 is 0 Å². The minimum atomic E-state index is -0.909. The van der Waals surface area contributed by atoms with Gasteiger partial charge in [0.15, 0.2) is 0 Å². The van der Waals surface area contributed by atoms with E-state index in [1.807, 2.05) is 18.3 Å². The normalized spacial score (nSPS) is 13.7. The van der Waals surface area contributed by atoms with Gasteiger partial charge in [-0.1, -0.05) is 18.2 Å². The van der Waals surface area contributed by atoms with Crippen LogP contribution in [0, 0.1) is 5.82 Å². The molecule has 0 aliphatic rings. The van der Waals surface area contributed by atoms with Crippen LogP contribution in [0.4, 0.5) is 4.39 Å². The summed E-state index contributed by atoms with van der Waals surface area (Å²) < 4.78 is 12.9. The summed E-state index contributed by atoms with van der Waals surface area (Å²) in [5.74, 6) is -0.632. The van der Waals surface area contributed by atoms with Crippen LogP contribution in [0.1, 0.15) is 28.9 Å². The highest BCUT2D eigenvalue weighted by atomic mass is 19.1. The molecule has 1 amide bonds. The third-order valence-corrected chi connectivity index (χ3v) is 3.86. The van der Waals surface area contributed by atoms with E-state index in [4.69, 9.17) is 0 Å². The number of hydrogen-bond donors (Lipinski definition) is 3. The van der Waals surface area contributed by atoms with E-state index >= 15 is 0 Å². The van der Waals surface area contributed by atoms with Crippen LogP contribution < -0.4 is 5.32 Å². The summed E-state index contributed by atoms with van der Waals surface area (Å²) in [6.45, 7) is 1.71. The van der Waals surface area contributed by atoms with E-state index in [0.717, 1.165) is 10.9 Å². The van der Waals surface area contributed by atoms with Crippen LogP contribution in [-0.4, -0.2) is 22.0 Å². The maximum Gasteiger partial charge on any atom is 0.251 e. The number of carbonyl (C=O) groups excluding carboxylic acids is 1. The zero-order valence-corrected chi connectivity index (χ0v) is 12.6. The second-order valence-electron chi connectivity index (χ2n) is 5.54. The molecular weight excluding hydrogens is 295 g/mol. The molecule has 1 aromatic heterocycles. The van der Waals surface area contributed by atoms with Gasteiger partial charge in [-0.3, -0.25) is 4.79 Å². The highest BCUT2D eigenvalue weighted by Gasteiger charge is 2.19. The summed E-state index contributed by atoms with van der Waals surface area (Å²) in [6.07, 6.45) is 0.904.